The number of hydrogen-bond donors (Lipinski definition) is 1. The van der Waals surface area contributed by atoms with E-state index in [1.54, 1.807) is 12.1 Å². The minimum absolute atomic E-state index is 0. The molecule has 21 heavy (non-hydrogen) atoms. The second-order valence-corrected chi connectivity index (χ2v) is 6.16. The Bertz CT molecular complexity index is 479. The number of carbonyl (C=O) groups excluding carboxylic acids is 1. The van der Waals surface area contributed by atoms with Crippen LogP contribution in [0.1, 0.15) is 18.4 Å². The van der Waals surface area contributed by atoms with Crippen LogP contribution in [0.3, 0.4) is 0 Å². The van der Waals surface area contributed by atoms with Gasteiger partial charge in [-0.3, -0.25) is 4.79 Å². The van der Waals surface area contributed by atoms with Gasteiger partial charge < -0.3 is 10.2 Å². The fourth-order valence-corrected chi connectivity index (χ4v) is 3.04. The third-order valence-electron chi connectivity index (χ3n) is 3.80. The van der Waals surface area contributed by atoms with Crippen LogP contribution in [-0.4, -0.2) is 37.5 Å². The second kappa shape index (κ2) is 8.71. The number of likely N-dealkylation sites (tertiary alicyclic amines) is 1. The molecule has 0 bridgehead atoms. The highest BCUT2D eigenvalue weighted by Gasteiger charge is 2.22. The van der Waals surface area contributed by atoms with Crippen LogP contribution in [0.5, 0.6) is 0 Å². The van der Waals surface area contributed by atoms with E-state index in [1.165, 1.54) is 6.07 Å². The van der Waals surface area contributed by atoms with Gasteiger partial charge in [0.2, 0.25) is 5.91 Å². The number of halogens is 3. The normalized spacial score (nSPS) is 15.7. The molecule has 1 aliphatic heterocycles. The molecule has 6 heteroatoms. The summed E-state index contributed by atoms with van der Waals surface area (Å²) in [7, 11) is 1.96. The lowest BCUT2D eigenvalue weighted by Gasteiger charge is -2.32. The average Bonchev–Trinajstić information content (AvgIpc) is 2.44. The summed E-state index contributed by atoms with van der Waals surface area (Å²) in [5, 5.41) is 3.19. The van der Waals surface area contributed by atoms with Crippen LogP contribution in [0.4, 0.5) is 4.39 Å². The molecule has 1 aromatic carbocycles. The number of hydrogen-bond acceptors (Lipinski definition) is 2. The number of carbonyl (C=O) groups is 1. The summed E-state index contributed by atoms with van der Waals surface area (Å²) in [6, 6.07) is 4.75. The van der Waals surface area contributed by atoms with Crippen molar-refractivity contribution in [3.63, 3.8) is 0 Å². The summed E-state index contributed by atoms with van der Waals surface area (Å²) in [4.78, 5) is 14.1. The van der Waals surface area contributed by atoms with Crippen molar-refractivity contribution in [2.75, 3.05) is 26.7 Å². The molecule has 1 heterocycles. The maximum absolute atomic E-state index is 13.2. The van der Waals surface area contributed by atoms with Gasteiger partial charge in [0.05, 0.1) is 10.9 Å². The average molecular weight is 380 g/mol. The summed E-state index contributed by atoms with van der Waals surface area (Å²) in [6.45, 7) is 2.67. The number of nitrogens with zero attached hydrogens (tertiary/aromatic N) is 1. The number of rotatable bonds is 4. The smallest absolute Gasteiger partial charge is 0.226 e. The Labute approximate surface area is 139 Å². The molecular weight excluding hydrogens is 359 g/mol. The summed E-state index contributed by atoms with van der Waals surface area (Å²) < 4.78 is 13.6. The lowest BCUT2D eigenvalue weighted by molar-refractivity contribution is -0.131. The van der Waals surface area contributed by atoms with Crippen molar-refractivity contribution >= 4 is 34.2 Å². The SMILES string of the molecule is CNCC1CCN(C(=O)Cc2ccc(F)c(Br)c2)CC1.Cl. The third kappa shape index (κ3) is 5.24. The molecule has 1 aromatic rings. The Balaban J connectivity index is 0.00000220. The zero-order valence-corrected chi connectivity index (χ0v) is 14.5. The first-order valence-corrected chi connectivity index (χ1v) is 7.75. The maximum Gasteiger partial charge on any atom is 0.226 e. The van der Waals surface area contributed by atoms with Gasteiger partial charge in [0, 0.05) is 13.1 Å². The van der Waals surface area contributed by atoms with E-state index >= 15 is 0 Å². The van der Waals surface area contributed by atoms with Gasteiger partial charge in [-0.2, -0.15) is 0 Å². The second-order valence-electron chi connectivity index (χ2n) is 5.31. The lowest BCUT2D eigenvalue weighted by Crippen LogP contribution is -2.41. The van der Waals surface area contributed by atoms with Gasteiger partial charge in [-0.05, 0) is 66.0 Å². The molecule has 1 amide bonds. The van der Waals surface area contributed by atoms with E-state index in [0.29, 0.717) is 16.8 Å². The molecule has 0 aliphatic carbocycles. The maximum atomic E-state index is 13.2. The Hall–Kier alpha value is -0.650. The molecule has 0 radical (unpaired) electrons. The predicted molar refractivity (Wildman–Crippen MR) is 88.3 cm³/mol. The molecule has 0 atom stereocenters. The first-order chi connectivity index (χ1) is 9.60. The van der Waals surface area contributed by atoms with Crippen molar-refractivity contribution in [3.8, 4) is 0 Å². The Morgan fingerprint density at radius 3 is 2.67 bits per heavy atom. The van der Waals surface area contributed by atoms with Gasteiger partial charge in [-0.1, -0.05) is 6.07 Å². The van der Waals surface area contributed by atoms with Crippen LogP contribution in [0.25, 0.3) is 0 Å². The largest absolute Gasteiger partial charge is 0.342 e. The summed E-state index contributed by atoms with van der Waals surface area (Å²) >= 11 is 3.15. The van der Waals surface area contributed by atoms with E-state index in [9.17, 15) is 9.18 Å². The standard InChI is InChI=1S/C15H20BrFN2O.ClH/c1-18-10-11-4-6-19(7-5-11)15(20)9-12-2-3-14(17)13(16)8-12;/h2-3,8,11,18H,4-7,9-10H2,1H3;1H. The van der Waals surface area contributed by atoms with E-state index in [2.05, 4.69) is 21.2 Å². The molecule has 1 N–H and O–H groups in total. The molecule has 1 fully saturated rings. The predicted octanol–water partition coefficient (Wildman–Crippen LogP) is 3.01. The van der Waals surface area contributed by atoms with E-state index in [1.807, 2.05) is 11.9 Å². The summed E-state index contributed by atoms with van der Waals surface area (Å²) in [5.74, 6) is 0.504. The van der Waals surface area contributed by atoms with Gasteiger partial charge in [0.15, 0.2) is 0 Å². The quantitative estimate of drug-likeness (QED) is 0.872. The number of piperidine rings is 1. The summed E-state index contributed by atoms with van der Waals surface area (Å²) in [6.07, 6.45) is 2.45. The van der Waals surface area contributed by atoms with Crippen LogP contribution in [0.15, 0.2) is 22.7 Å². The number of benzene rings is 1. The van der Waals surface area contributed by atoms with Crippen LogP contribution in [-0.2, 0) is 11.2 Å². The first kappa shape index (κ1) is 18.4. The molecular formula is C15H21BrClFN2O. The Morgan fingerprint density at radius 2 is 2.10 bits per heavy atom. The zero-order chi connectivity index (χ0) is 14.5. The minimum atomic E-state index is -0.297. The minimum Gasteiger partial charge on any atom is -0.342 e. The Kier molecular flexibility index (Phi) is 7.63. The lowest BCUT2D eigenvalue weighted by atomic mass is 9.96. The van der Waals surface area contributed by atoms with Gasteiger partial charge in [-0.25, -0.2) is 4.39 Å². The Morgan fingerprint density at radius 1 is 1.43 bits per heavy atom. The molecule has 0 aromatic heterocycles. The molecule has 0 saturated carbocycles. The first-order valence-electron chi connectivity index (χ1n) is 6.96. The fraction of sp³-hybridized carbons (Fsp3) is 0.533. The monoisotopic (exact) mass is 378 g/mol. The van der Waals surface area contributed by atoms with Gasteiger partial charge in [0.1, 0.15) is 5.82 Å². The highest BCUT2D eigenvalue weighted by atomic mass is 79.9. The molecule has 118 valence electrons. The molecule has 2 rings (SSSR count). The molecule has 0 spiro atoms. The van der Waals surface area contributed by atoms with Crippen LogP contribution in [0, 0.1) is 11.7 Å². The highest BCUT2D eigenvalue weighted by Crippen LogP contribution is 2.20. The van der Waals surface area contributed by atoms with E-state index < -0.39 is 0 Å². The number of amides is 1. The van der Waals surface area contributed by atoms with E-state index in [4.69, 9.17) is 0 Å². The molecule has 1 saturated heterocycles. The van der Waals surface area contributed by atoms with Crippen LogP contribution in [0.2, 0.25) is 0 Å². The van der Waals surface area contributed by atoms with Crippen molar-refractivity contribution in [2.24, 2.45) is 5.92 Å². The highest BCUT2D eigenvalue weighted by molar-refractivity contribution is 9.10. The van der Waals surface area contributed by atoms with Crippen molar-refractivity contribution in [1.29, 1.82) is 0 Å². The van der Waals surface area contributed by atoms with Crippen LogP contribution >= 0.6 is 28.3 Å². The van der Waals surface area contributed by atoms with E-state index in [-0.39, 0.29) is 24.1 Å². The zero-order valence-electron chi connectivity index (χ0n) is 12.1. The summed E-state index contributed by atoms with van der Waals surface area (Å²) in [5.41, 5.74) is 0.848. The van der Waals surface area contributed by atoms with Gasteiger partial charge in [0.25, 0.3) is 0 Å². The van der Waals surface area contributed by atoms with Crippen molar-refractivity contribution in [3.05, 3.63) is 34.1 Å². The van der Waals surface area contributed by atoms with Gasteiger partial charge in [-0.15, -0.1) is 12.4 Å². The van der Waals surface area contributed by atoms with Gasteiger partial charge >= 0.3 is 0 Å². The van der Waals surface area contributed by atoms with E-state index in [0.717, 1.165) is 38.0 Å². The van der Waals surface area contributed by atoms with Crippen LogP contribution < -0.4 is 5.32 Å². The van der Waals surface area contributed by atoms with Crippen molar-refractivity contribution in [2.45, 2.75) is 19.3 Å². The van der Waals surface area contributed by atoms with Crippen molar-refractivity contribution in [1.82, 2.24) is 10.2 Å². The molecule has 0 unspecified atom stereocenters. The van der Waals surface area contributed by atoms with Crippen molar-refractivity contribution < 1.29 is 9.18 Å². The molecule has 1 aliphatic rings. The number of nitrogens with one attached hydrogen (secondary N) is 1. The fourth-order valence-electron chi connectivity index (χ4n) is 2.61. The topological polar surface area (TPSA) is 32.3 Å². The molecule has 3 nitrogen and oxygen atoms in total. The third-order valence-corrected chi connectivity index (χ3v) is 4.41.